The highest BCUT2D eigenvalue weighted by atomic mass is 35.5. The summed E-state index contributed by atoms with van der Waals surface area (Å²) in [6.45, 7) is 1.80. The third kappa shape index (κ3) is 2.76. The van der Waals surface area contributed by atoms with E-state index in [1.165, 1.54) is 0 Å². The van der Waals surface area contributed by atoms with Crippen molar-refractivity contribution >= 4 is 28.7 Å². The van der Waals surface area contributed by atoms with E-state index in [0.717, 1.165) is 11.1 Å². The first kappa shape index (κ1) is 13.6. The fraction of sp³-hybridized carbons (Fsp3) is 0.125. The van der Waals surface area contributed by atoms with Crippen LogP contribution >= 0.6 is 11.6 Å². The van der Waals surface area contributed by atoms with Crippen LogP contribution < -0.4 is 0 Å². The molecular formula is C16H12ClNO3. The quantitative estimate of drug-likeness (QED) is 0.682. The lowest BCUT2D eigenvalue weighted by Gasteiger charge is -2.05. The van der Waals surface area contributed by atoms with Crippen molar-refractivity contribution in [2.45, 2.75) is 13.5 Å². The Kier molecular flexibility index (Phi) is 3.62. The van der Waals surface area contributed by atoms with Gasteiger partial charge in [-0.15, -0.1) is 0 Å². The molecule has 1 aromatic heterocycles. The molecule has 0 aliphatic carbocycles. The molecule has 0 spiro atoms. The summed E-state index contributed by atoms with van der Waals surface area (Å²) in [5.74, 6) is -0.140. The molecule has 4 nitrogen and oxygen atoms in total. The predicted molar refractivity (Wildman–Crippen MR) is 79.3 cm³/mol. The van der Waals surface area contributed by atoms with Gasteiger partial charge in [-0.1, -0.05) is 35.9 Å². The third-order valence-electron chi connectivity index (χ3n) is 3.08. The molecule has 0 atom stereocenters. The maximum absolute atomic E-state index is 12.0. The van der Waals surface area contributed by atoms with E-state index in [0.29, 0.717) is 22.1 Å². The van der Waals surface area contributed by atoms with Gasteiger partial charge in [0.05, 0.1) is 10.6 Å². The van der Waals surface area contributed by atoms with E-state index in [1.807, 2.05) is 37.3 Å². The lowest BCUT2D eigenvalue weighted by atomic mass is 10.1. The van der Waals surface area contributed by atoms with Crippen LogP contribution in [-0.4, -0.2) is 11.0 Å². The summed E-state index contributed by atoms with van der Waals surface area (Å²) in [7, 11) is 0. The Morgan fingerprint density at radius 3 is 2.86 bits per heavy atom. The second kappa shape index (κ2) is 5.58. The second-order valence-corrected chi connectivity index (χ2v) is 4.97. The number of hydrogen-bond donors (Lipinski definition) is 0. The van der Waals surface area contributed by atoms with Crippen molar-refractivity contribution < 1.29 is 13.9 Å². The molecule has 5 heteroatoms. The van der Waals surface area contributed by atoms with Crippen LogP contribution in [0.3, 0.4) is 0 Å². The van der Waals surface area contributed by atoms with Gasteiger partial charge in [-0.25, -0.2) is 9.78 Å². The molecule has 1 heterocycles. The minimum Gasteiger partial charge on any atom is -0.452 e. The number of para-hydroxylation sites is 2. The van der Waals surface area contributed by atoms with E-state index in [-0.39, 0.29) is 6.61 Å². The summed E-state index contributed by atoms with van der Waals surface area (Å²) in [5.41, 5.74) is 2.56. The number of aromatic nitrogens is 1. The van der Waals surface area contributed by atoms with Crippen molar-refractivity contribution in [2.75, 3.05) is 0 Å². The maximum Gasteiger partial charge on any atom is 0.340 e. The molecule has 0 saturated heterocycles. The lowest BCUT2D eigenvalue weighted by Crippen LogP contribution is -2.06. The van der Waals surface area contributed by atoms with Crippen molar-refractivity contribution in [1.29, 1.82) is 0 Å². The van der Waals surface area contributed by atoms with E-state index in [1.54, 1.807) is 12.1 Å². The van der Waals surface area contributed by atoms with Gasteiger partial charge in [0.2, 0.25) is 5.89 Å². The normalized spacial score (nSPS) is 10.8. The molecule has 106 valence electrons. The highest BCUT2D eigenvalue weighted by Crippen LogP contribution is 2.22. The number of esters is 1. The number of aryl methyl sites for hydroxylation is 1. The average Bonchev–Trinajstić information content (AvgIpc) is 2.90. The number of carbonyl (C=O) groups is 1. The van der Waals surface area contributed by atoms with Crippen LogP contribution in [-0.2, 0) is 11.3 Å². The molecule has 0 aliphatic rings. The molecule has 0 unspecified atom stereocenters. The van der Waals surface area contributed by atoms with Crippen molar-refractivity contribution in [2.24, 2.45) is 0 Å². The molecule has 0 amide bonds. The Morgan fingerprint density at radius 2 is 2.05 bits per heavy atom. The topological polar surface area (TPSA) is 52.3 Å². The first-order valence-electron chi connectivity index (χ1n) is 6.42. The summed E-state index contributed by atoms with van der Waals surface area (Å²) in [6, 6.07) is 12.6. The van der Waals surface area contributed by atoms with Gasteiger partial charge < -0.3 is 9.15 Å². The van der Waals surface area contributed by atoms with Gasteiger partial charge in [-0.3, -0.25) is 0 Å². The van der Waals surface area contributed by atoms with Gasteiger partial charge in [0.15, 0.2) is 12.2 Å². The molecule has 0 N–H and O–H groups in total. The second-order valence-electron chi connectivity index (χ2n) is 4.59. The largest absolute Gasteiger partial charge is 0.452 e. The Bertz CT molecular complexity index is 777. The number of ether oxygens (including phenoxy) is 1. The standard InChI is InChI=1S/C16H12ClNO3/c1-10-5-4-6-11(15(10)17)16(19)20-9-14-18-12-7-2-3-8-13(12)21-14/h2-8H,9H2,1H3. The van der Waals surface area contributed by atoms with E-state index in [9.17, 15) is 4.79 Å². The van der Waals surface area contributed by atoms with Gasteiger partial charge in [0, 0.05) is 0 Å². The molecular weight excluding hydrogens is 290 g/mol. The fourth-order valence-electron chi connectivity index (χ4n) is 1.99. The Labute approximate surface area is 126 Å². The maximum atomic E-state index is 12.0. The number of halogens is 1. The van der Waals surface area contributed by atoms with Gasteiger partial charge in [-0.2, -0.15) is 0 Å². The van der Waals surface area contributed by atoms with E-state index < -0.39 is 5.97 Å². The van der Waals surface area contributed by atoms with Crippen LogP contribution in [0.1, 0.15) is 21.8 Å². The van der Waals surface area contributed by atoms with Crippen LogP contribution in [0.15, 0.2) is 46.9 Å². The lowest BCUT2D eigenvalue weighted by molar-refractivity contribution is 0.0440. The number of carbonyl (C=O) groups excluding carboxylic acids is 1. The monoisotopic (exact) mass is 301 g/mol. The average molecular weight is 302 g/mol. The minimum absolute atomic E-state index is 0.0300. The summed E-state index contributed by atoms with van der Waals surface area (Å²) < 4.78 is 10.7. The summed E-state index contributed by atoms with van der Waals surface area (Å²) in [5, 5.41) is 0.403. The predicted octanol–water partition coefficient (Wildman–Crippen LogP) is 4.15. The zero-order valence-electron chi connectivity index (χ0n) is 11.3. The van der Waals surface area contributed by atoms with Gasteiger partial charge >= 0.3 is 5.97 Å². The number of hydrogen-bond acceptors (Lipinski definition) is 4. The van der Waals surface area contributed by atoms with Crippen LogP contribution in [0.4, 0.5) is 0 Å². The first-order chi connectivity index (χ1) is 10.1. The van der Waals surface area contributed by atoms with Crippen molar-refractivity contribution in [3.8, 4) is 0 Å². The first-order valence-corrected chi connectivity index (χ1v) is 6.79. The summed E-state index contributed by atoms with van der Waals surface area (Å²) in [4.78, 5) is 16.3. The zero-order chi connectivity index (χ0) is 14.8. The third-order valence-corrected chi connectivity index (χ3v) is 3.58. The molecule has 0 fully saturated rings. The summed E-state index contributed by atoms with van der Waals surface area (Å²) in [6.07, 6.45) is 0. The molecule has 0 aliphatic heterocycles. The fourth-order valence-corrected chi connectivity index (χ4v) is 2.19. The van der Waals surface area contributed by atoms with Crippen LogP contribution in [0.5, 0.6) is 0 Å². The highest BCUT2D eigenvalue weighted by Gasteiger charge is 2.14. The Hall–Kier alpha value is -2.33. The van der Waals surface area contributed by atoms with E-state index in [2.05, 4.69) is 4.98 Å². The van der Waals surface area contributed by atoms with Crippen LogP contribution in [0.2, 0.25) is 5.02 Å². The Balaban J connectivity index is 1.75. The van der Waals surface area contributed by atoms with E-state index >= 15 is 0 Å². The summed E-state index contributed by atoms with van der Waals surface area (Å²) >= 11 is 6.09. The van der Waals surface area contributed by atoms with Crippen LogP contribution in [0, 0.1) is 6.92 Å². The van der Waals surface area contributed by atoms with Gasteiger partial charge in [-0.05, 0) is 30.7 Å². The van der Waals surface area contributed by atoms with E-state index in [4.69, 9.17) is 20.8 Å². The highest BCUT2D eigenvalue weighted by molar-refractivity contribution is 6.34. The smallest absolute Gasteiger partial charge is 0.340 e. The number of benzene rings is 2. The molecule has 3 rings (SSSR count). The number of fused-ring (bicyclic) bond motifs is 1. The molecule has 0 saturated carbocycles. The van der Waals surface area contributed by atoms with Crippen molar-refractivity contribution in [3.63, 3.8) is 0 Å². The van der Waals surface area contributed by atoms with Crippen LogP contribution in [0.25, 0.3) is 11.1 Å². The molecule has 2 aromatic carbocycles. The van der Waals surface area contributed by atoms with Crippen molar-refractivity contribution in [3.05, 3.63) is 64.5 Å². The van der Waals surface area contributed by atoms with Gasteiger partial charge in [0.1, 0.15) is 5.52 Å². The molecule has 21 heavy (non-hydrogen) atoms. The molecule has 3 aromatic rings. The SMILES string of the molecule is Cc1cccc(C(=O)OCc2nc3ccccc3o2)c1Cl. The number of oxazole rings is 1. The van der Waals surface area contributed by atoms with Gasteiger partial charge in [0.25, 0.3) is 0 Å². The zero-order valence-corrected chi connectivity index (χ0v) is 12.1. The van der Waals surface area contributed by atoms with Crippen molar-refractivity contribution in [1.82, 2.24) is 4.98 Å². The Morgan fingerprint density at radius 1 is 1.24 bits per heavy atom. The minimum atomic E-state index is -0.494. The molecule has 0 radical (unpaired) electrons. The number of nitrogens with zero attached hydrogens (tertiary/aromatic N) is 1. The number of rotatable bonds is 3. The molecule has 0 bridgehead atoms.